The van der Waals surface area contributed by atoms with E-state index in [-0.39, 0.29) is 42.1 Å². The van der Waals surface area contributed by atoms with Crippen LogP contribution in [0.15, 0.2) is 29.3 Å². The molecule has 2 saturated heterocycles. The molecule has 1 N–H and O–H groups in total. The molecule has 1 amide bonds. The molecular formula is C20H26N2O6S2. The molecule has 2 aliphatic rings. The van der Waals surface area contributed by atoms with E-state index in [4.69, 9.17) is 9.84 Å². The van der Waals surface area contributed by atoms with Crippen molar-refractivity contribution >= 4 is 44.3 Å². The van der Waals surface area contributed by atoms with Gasteiger partial charge < -0.3 is 14.7 Å². The quantitative estimate of drug-likeness (QED) is 0.567. The van der Waals surface area contributed by atoms with Crippen LogP contribution in [0.2, 0.25) is 0 Å². The number of ether oxygens (including phenoxy) is 1. The summed E-state index contributed by atoms with van der Waals surface area (Å²) in [5, 5.41) is 9.01. The summed E-state index contributed by atoms with van der Waals surface area (Å²) < 4.78 is 30.1. The van der Waals surface area contributed by atoms with E-state index >= 15 is 0 Å². The van der Waals surface area contributed by atoms with Gasteiger partial charge in [0, 0.05) is 29.8 Å². The van der Waals surface area contributed by atoms with E-state index in [1.807, 2.05) is 29.2 Å². The number of hydrogen-bond acceptors (Lipinski definition) is 6. The van der Waals surface area contributed by atoms with Gasteiger partial charge in [0.15, 0.2) is 15.0 Å². The van der Waals surface area contributed by atoms with Gasteiger partial charge in [-0.15, -0.1) is 0 Å². The topological polar surface area (TPSA) is 113 Å². The van der Waals surface area contributed by atoms with Gasteiger partial charge in [-0.1, -0.05) is 31.2 Å². The highest BCUT2D eigenvalue weighted by Gasteiger charge is 2.49. The van der Waals surface area contributed by atoms with Gasteiger partial charge in [0.2, 0.25) is 5.91 Å². The summed E-state index contributed by atoms with van der Waals surface area (Å²) in [7, 11) is -3.15. The van der Waals surface area contributed by atoms with Crippen molar-refractivity contribution in [2.75, 3.05) is 23.0 Å². The molecule has 0 unspecified atom stereocenters. The Labute approximate surface area is 180 Å². The molecule has 0 bridgehead atoms. The molecule has 0 radical (unpaired) electrons. The second-order valence-corrected chi connectivity index (χ2v) is 10.8. The molecule has 2 fully saturated rings. The Morgan fingerprint density at radius 1 is 1.27 bits per heavy atom. The number of hydrogen-bond donors (Lipinski definition) is 1. The van der Waals surface area contributed by atoms with Crippen molar-refractivity contribution in [3.8, 4) is 5.75 Å². The molecule has 1 aromatic rings. The van der Waals surface area contributed by atoms with Gasteiger partial charge >= 0.3 is 5.97 Å². The van der Waals surface area contributed by atoms with Gasteiger partial charge in [-0.05, 0) is 25.0 Å². The summed E-state index contributed by atoms with van der Waals surface area (Å²) >= 11 is 1.30. The maximum absolute atomic E-state index is 12.3. The Bertz CT molecular complexity index is 931. The smallest absolute Gasteiger partial charge is 0.303 e. The molecule has 1 aromatic carbocycles. The third-order valence-electron chi connectivity index (χ3n) is 4.93. The number of carboxylic acid groups (broad SMARTS) is 1. The molecule has 10 heteroatoms. The minimum atomic E-state index is -3.15. The van der Waals surface area contributed by atoms with Crippen LogP contribution in [0, 0.1) is 0 Å². The number of nitrogens with zero attached hydrogens (tertiary/aromatic N) is 2. The third-order valence-corrected chi connectivity index (χ3v) is 8.14. The van der Waals surface area contributed by atoms with Crippen LogP contribution in [0.5, 0.6) is 5.75 Å². The number of unbranched alkanes of at least 4 members (excludes halogenated alkanes) is 1. The van der Waals surface area contributed by atoms with Crippen molar-refractivity contribution in [2.45, 2.75) is 50.3 Å². The SMILES string of the molecule is CCCCOc1cccc(N2C(=NC(=O)CCCC(=O)O)S[C@@H]3CS(=O)(=O)C[C@@H]32)c1. The highest BCUT2D eigenvalue weighted by Crippen LogP contribution is 2.41. The lowest BCUT2D eigenvalue weighted by atomic mass is 10.2. The first-order valence-corrected chi connectivity index (χ1v) is 12.7. The van der Waals surface area contributed by atoms with Gasteiger partial charge in [0.25, 0.3) is 0 Å². The summed E-state index contributed by atoms with van der Waals surface area (Å²) in [6.45, 7) is 2.68. The molecule has 0 saturated carbocycles. The minimum Gasteiger partial charge on any atom is -0.494 e. The molecule has 2 heterocycles. The van der Waals surface area contributed by atoms with E-state index in [9.17, 15) is 18.0 Å². The normalized spacial score (nSPS) is 23.5. The van der Waals surface area contributed by atoms with Crippen LogP contribution in [0.4, 0.5) is 5.69 Å². The van der Waals surface area contributed by atoms with Crippen molar-refractivity contribution in [3.05, 3.63) is 24.3 Å². The van der Waals surface area contributed by atoms with E-state index in [1.54, 1.807) is 0 Å². The highest BCUT2D eigenvalue weighted by atomic mass is 32.2. The van der Waals surface area contributed by atoms with Crippen LogP contribution < -0.4 is 9.64 Å². The molecule has 30 heavy (non-hydrogen) atoms. The number of benzene rings is 1. The van der Waals surface area contributed by atoms with Gasteiger partial charge in [-0.3, -0.25) is 9.59 Å². The molecule has 3 rings (SSSR count). The van der Waals surface area contributed by atoms with Crippen LogP contribution in [0.25, 0.3) is 0 Å². The fraction of sp³-hybridized carbons (Fsp3) is 0.550. The van der Waals surface area contributed by atoms with Crippen LogP contribution >= 0.6 is 11.8 Å². The van der Waals surface area contributed by atoms with Crippen molar-refractivity contribution < 1.29 is 27.9 Å². The predicted octanol–water partition coefficient (Wildman–Crippen LogP) is 2.72. The number of carboxylic acids is 1. The van der Waals surface area contributed by atoms with Crippen molar-refractivity contribution in [2.24, 2.45) is 4.99 Å². The summed E-state index contributed by atoms with van der Waals surface area (Å²) in [6, 6.07) is 7.08. The number of carbonyl (C=O) groups is 2. The average Bonchev–Trinajstić information content (AvgIpc) is 3.12. The maximum atomic E-state index is 12.3. The zero-order valence-corrected chi connectivity index (χ0v) is 18.5. The zero-order valence-electron chi connectivity index (χ0n) is 16.8. The molecule has 164 valence electrons. The second-order valence-electron chi connectivity index (χ2n) is 7.41. The summed E-state index contributed by atoms with van der Waals surface area (Å²) in [6.07, 6.45) is 2.12. The average molecular weight is 455 g/mol. The number of fused-ring (bicyclic) bond motifs is 1. The third kappa shape index (κ3) is 5.75. The minimum absolute atomic E-state index is 0.0117. The number of aliphatic carboxylic acids is 1. The van der Waals surface area contributed by atoms with Gasteiger partial charge in [0.05, 0.1) is 24.2 Å². The zero-order chi connectivity index (χ0) is 21.7. The number of aliphatic imine (C=N–C) groups is 1. The number of amidine groups is 1. The van der Waals surface area contributed by atoms with Crippen LogP contribution in [-0.2, 0) is 19.4 Å². The van der Waals surface area contributed by atoms with Crippen molar-refractivity contribution in [1.29, 1.82) is 0 Å². The number of rotatable bonds is 9. The monoisotopic (exact) mass is 454 g/mol. The molecule has 2 aliphatic heterocycles. The van der Waals surface area contributed by atoms with Gasteiger partial charge in [-0.2, -0.15) is 4.99 Å². The Morgan fingerprint density at radius 3 is 2.80 bits per heavy atom. The summed E-state index contributed by atoms with van der Waals surface area (Å²) in [5.74, 6) is -0.605. The Morgan fingerprint density at radius 2 is 2.07 bits per heavy atom. The lowest BCUT2D eigenvalue weighted by Crippen LogP contribution is -2.37. The first-order chi connectivity index (χ1) is 14.3. The number of thioether (sulfide) groups is 1. The van der Waals surface area contributed by atoms with E-state index in [1.165, 1.54) is 11.8 Å². The first kappa shape index (κ1) is 22.6. The van der Waals surface area contributed by atoms with Crippen LogP contribution in [0.1, 0.15) is 39.0 Å². The molecule has 8 nitrogen and oxygen atoms in total. The van der Waals surface area contributed by atoms with Crippen LogP contribution in [-0.4, -0.2) is 60.0 Å². The predicted molar refractivity (Wildman–Crippen MR) is 117 cm³/mol. The molecule has 0 spiro atoms. The van der Waals surface area contributed by atoms with Crippen LogP contribution in [0.3, 0.4) is 0 Å². The lowest BCUT2D eigenvalue weighted by Gasteiger charge is -2.25. The number of carbonyl (C=O) groups excluding carboxylic acids is 1. The maximum Gasteiger partial charge on any atom is 0.303 e. The molecule has 2 atom stereocenters. The van der Waals surface area contributed by atoms with E-state index < -0.39 is 21.7 Å². The van der Waals surface area contributed by atoms with E-state index in [0.29, 0.717) is 17.5 Å². The second kappa shape index (κ2) is 9.82. The fourth-order valence-electron chi connectivity index (χ4n) is 3.48. The summed E-state index contributed by atoms with van der Waals surface area (Å²) in [5.41, 5.74) is 0.734. The fourth-order valence-corrected chi connectivity index (χ4v) is 7.41. The van der Waals surface area contributed by atoms with Gasteiger partial charge in [-0.25, -0.2) is 8.42 Å². The summed E-state index contributed by atoms with van der Waals surface area (Å²) in [4.78, 5) is 29.0. The number of sulfone groups is 1. The van der Waals surface area contributed by atoms with Crippen molar-refractivity contribution in [3.63, 3.8) is 0 Å². The lowest BCUT2D eigenvalue weighted by molar-refractivity contribution is -0.137. The molecular weight excluding hydrogens is 428 g/mol. The van der Waals surface area contributed by atoms with E-state index in [0.717, 1.165) is 18.5 Å². The molecule has 0 aliphatic carbocycles. The Hall–Kier alpha value is -2.07. The number of amides is 1. The highest BCUT2D eigenvalue weighted by molar-refractivity contribution is 8.16. The standard InChI is InChI=1S/C20H26N2O6S2/c1-2-3-10-28-15-7-4-6-14(11-15)22-16-12-30(26,27)13-17(16)29-20(22)21-18(23)8-5-9-19(24)25/h4,6-7,11,16-17H,2-3,5,8-10,12-13H2,1H3,(H,24,25)/t16-,17+/m0/s1. The number of anilines is 1. The largest absolute Gasteiger partial charge is 0.494 e. The van der Waals surface area contributed by atoms with Crippen molar-refractivity contribution in [1.82, 2.24) is 0 Å². The van der Waals surface area contributed by atoms with E-state index in [2.05, 4.69) is 11.9 Å². The first-order valence-electron chi connectivity index (χ1n) is 10.0. The molecule has 0 aromatic heterocycles. The Kier molecular flexibility index (Phi) is 7.41. The van der Waals surface area contributed by atoms with Gasteiger partial charge in [0.1, 0.15) is 5.75 Å². The Balaban J connectivity index is 1.83.